The quantitative estimate of drug-likeness (QED) is 0.698. The second-order valence-electron chi connectivity index (χ2n) is 6.13. The fourth-order valence-electron chi connectivity index (χ4n) is 2.92. The van der Waals surface area contributed by atoms with E-state index < -0.39 is 0 Å². The summed E-state index contributed by atoms with van der Waals surface area (Å²) in [6, 6.07) is 10.9. The molecule has 0 radical (unpaired) electrons. The highest BCUT2D eigenvalue weighted by Gasteiger charge is 2.21. The third-order valence-electron chi connectivity index (χ3n) is 4.28. The second kappa shape index (κ2) is 7.54. The van der Waals surface area contributed by atoms with Crippen LogP contribution in [-0.4, -0.2) is 23.3 Å². The number of anilines is 1. The van der Waals surface area contributed by atoms with E-state index in [1.165, 1.54) is 17.6 Å². The van der Waals surface area contributed by atoms with Gasteiger partial charge in [0.25, 0.3) is 5.91 Å². The van der Waals surface area contributed by atoms with Gasteiger partial charge in [0.1, 0.15) is 6.26 Å². The highest BCUT2D eigenvalue weighted by atomic mass is 35.5. The van der Waals surface area contributed by atoms with E-state index in [9.17, 15) is 9.59 Å². The number of aromatic nitrogens is 1. The number of thiophene rings is 1. The van der Waals surface area contributed by atoms with Gasteiger partial charge in [-0.3, -0.25) is 9.59 Å². The van der Waals surface area contributed by atoms with Crippen molar-refractivity contribution >= 4 is 40.4 Å². The Balaban J connectivity index is 1.40. The monoisotopic (exact) mass is 401 g/mol. The molecule has 1 N–H and O–H groups in total. The topological polar surface area (TPSA) is 75.4 Å². The van der Waals surface area contributed by atoms with Crippen LogP contribution in [0.4, 0.5) is 5.69 Å². The number of hydrogen-bond donors (Lipinski definition) is 1. The van der Waals surface area contributed by atoms with Crippen LogP contribution in [0.5, 0.6) is 0 Å². The molecule has 8 heteroatoms. The summed E-state index contributed by atoms with van der Waals surface area (Å²) < 4.78 is 6.09. The van der Waals surface area contributed by atoms with Crippen molar-refractivity contribution in [3.63, 3.8) is 0 Å². The van der Waals surface area contributed by atoms with Crippen molar-refractivity contribution < 1.29 is 14.0 Å². The molecular weight excluding hydrogens is 386 g/mol. The maximum absolute atomic E-state index is 12.0. The lowest BCUT2D eigenvalue weighted by atomic mass is 10.2. The summed E-state index contributed by atoms with van der Waals surface area (Å²) in [4.78, 5) is 30.6. The summed E-state index contributed by atoms with van der Waals surface area (Å²) in [7, 11) is 0. The van der Waals surface area contributed by atoms with Gasteiger partial charge in [0.15, 0.2) is 0 Å². The Morgan fingerprint density at radius 3 is 2.74 bits per heavy atom. The molecule has 4 rings (SSSR count). The molecule has 6 nitrogen and oxygen atoms in total. The maximum Gasteiger partial charge on any atom is 0.261 e. The lowest BCUT2D eigenvalue weighted by Crippen LogP contribution is -2.23. The molecule has 0 saturated carbocycles. The van der Waals surface area contributed by atoms with E-state index in [0.717, 1.165) is 24.2 Å². The van der Waals surface area contributed by atoms with Crippen LogP contribution in [0.2, 0.25) is 4.34 Å². The average molecular weight is 402 g/mol. The molecule has 0 bridgehead atoms. The lowest BCUT2D eigenvalue weighted by molar-refractivity contribution is -0.117. The standard InChI is InChI=1S/C19H16ClN3O3S/c20-16-8-7-15(27-16)18(25)21-10-13-11-26-19(22-13)12-3-5-14(6-4-12)23-9-1-2-17(23)24/h3-8,11H,1-2,9-10H2,(H,21,25). The molecule has 3 aromatic rings. The Morgan fingerprint density at radius 2 is 2.07 bits per heavy atom. The van der Waals surface area contributed by atoms with Crippen LogP contribution in [0.3, 0.4) is 0 Å². The van der Waals surface area contributed by atoms with E-state index in [1.54, 1.807) is 17.0 Å². The van der Waals surface area contributed by atoms with Crippen LogP contribution in [-0.2, 0) is 11.3 Å². The van der Waals surface area contributed by atoms with Gasteiger partial charge in [-0.15, -0.1) is 11.3 Å². The van der Waals surface area contributed by atoms with E-state index in [2.05, 4.69) is 10.3 Å². The van der Waals surface area contributed by atoms with Crippen LogP contribution >= 0.6 is 22.9 Å². The highest BCUT2D eigenvalue weighted by Crippen LogP contribution is 2.26. The summed E-state index contributed by atoms with van der Waals surface area (Å²) in [6.45, 7) is 1.02. The van der Waals surface area contributed by atoms with Crippen molar-refractivity contribution in [2.45, 2.75) is 19.4 Å². The zero-order valence-corrected chi connectivity index (χ0v) is 15.8. The number of hydrogen-bond acceptors (Lipinski definition) is 5. The number of carbonyl (C=O) groups excluding carboxylic acids is 2. The van der Waals surface area contributed by atoms with Crippen molar-refractivity contribution in [3.05, 3.63) is 57.6 Å². The summed E-state index contributed by atoms with van der Waals surface area (Å²) in [5.74, 6) is 0.428. The first-order valence-electron chi connectivity index (χ1n) is 8.49. The Kier molecular flexibility index (Phi) is 4.96. The summed E-state index contributed by atoms with van der Waals surface area (Å²) in [5.41, 5.74) is 2.32. The molecule has 27 heavy (non-hydrogen) atoms. The van der Waals surface area contributed by atoms with Crippen LogP contribution in [0.15, 0.2) is 47.1 Å². The van der Waals surface area contributed by atoms with E-state index in [-0.39, 0.29) is 18.4 Å². The molecule has 3 heterocycles. The highest BCUT2D eigenvalue weighted by molar-refractivity contribution is 7.17. The lowest BCUT2D eigenvalue weighted by Gasteiger charge is -2.15. The zero-order valence-electron chi connectivity index (χ0n) is 14.3. The molecule has 1 aliphatic rings. The van der Waals surface area contributed by atoms with Crippen LogP contribution < -0.4 is 10.2 Å². The Hall–Kier alpha value is -2.64. The van der Waals surface area contributed by atoms with E-state index >= 15 is 0 Å². The Morgan fingerprint density at radius 1 is 1.26 bits per heavy atom. The molecule has 1 fully saturated rings. The molecule has 2 aromatic heterocycles. The van der Waals surface area contributed by atoms with Crippen molar-refractivity contribution in [1.82, 2.24) is 10.3 Å². The van der Waals surface area contributed by atoms with E-state index in [4.69, 9.17) is 16.0 Å². The van der Waals surface area contributed by atoms with Crippen LogP contribution in [0.1, 0.15) is 28.2 Å². The zero-order chi connectivity index (χ0) is 18.8. The summed E-state index contributed by atoms with van der Waals surface area (Å²) >= 11 is 7.07. The van der Waals surface area contributed by atoms with Crippen molar-refractivity contribution in [2.24, 2.45) is 0 Å². The maximum atomic E-state index is 12.0. The minimum absolute atomic E-state index is 0.156. The number of halogens is 1. The third kappa shape index (κ3) is 3.89. The minimum atomic E-state index is -0.198. The molecule has 0 atom stereocenters. The van der Waals surface area contributed by atoms with Crippen molar-refractivity contribution in [1.29, 1.82) is 0 Å². The first kappa shape index (κ1) is 17.8. The normalized spacial score (nSPS) is 14.0. The number of nitrogens with zero attached hydrogens (tertiary/aromatic N) is 2. The summed E-state index contributed by atoms with van der Waals surface area (Å²) in [6.07, 6.45) is 3.02. The average Bonchev–Trinajstić information content (AvgIpc) is 3.41. The van der Waals surface area contributed by atoms with Gasteiger partial charge < -0.3 is 14.6 Å². The fraction of sp³-hybridized carbons (Fsp3) is 0.211. The Labute approximate surface area is 164 Å². The van der Waals surface area contributed by atoms with E-state index in [0.29, 0.717) is 27.2 Å². The van der Waals surface area contributed by atoms with Crippen molar-refractivity contribution in [2.75, 3.05) is 11.4 Å². The smallest absolute Gasteiger partial charge is 0.261 e. The Bertz CT molecular complexity index is 980. The predicted molar refractivity (Wildman–Crippen MR) is 104 cm³/mol. The molecule has 1 aromatic carbocycles. The van der Waals surface area contributed by atoms with Gasteiger partial charge in [-0.25, -0.2) is 4.98 Å². The third-order valence-corrected chi connectivity index (χ3v) is 5.51. The first-order chi connectivity index (χ1) is 13.1. The molecular formula is C19H16ClN3O3S. The molecule has 0 spiro atoms. The largest absolute Gasteiger partial charge is 0.444 e. The molecule has 0 unspecified atom stereocenters. The van der Waals surface area contributed by atoms with Gasteiger partial charge in [-0.05, 0) is 42.8 Å². The number of amides is 2. The van der Waals surface area contributed by atoms with Crippen molar-refractivity contribution in [3.8, 4) is 11.5 Å². The SMILES string of the molecule is O=C(NCc1coc(-c2ccc(N3CCCC3=O)cc2)n1)c1ccc(Cl)s1. The molecule has 1 aliphatic heterocycles. The number of nitrogens with one attached hydrogen (secondary N) is 1. The van der Waals surface area contributed by atoms with Gasteiger partial charge >= 0.3 is 0 Å². The predicted octanol–water partition coefficient (Wildman–Crippen LogP) is 4.11. The summed E-state index contributed by atoms with van der Waals surface area (Å²) in [5, 5.41) is 2.79. The van der Waals surface area contributed by atoms with Gasteiger partial charge in [-0.1, -0.05) is 11.6 Å². The molecule has 0 aliphatic carbocycles. The first-order valence-corrected chi connectivity index (χ1v) is 9.68. The molecule has 1 saturated heterocycles. The fourth-order valence-corrected chi connectivity index (χ4v) is 3.88. The number of carbonyl (C=O) groups is 2. The van der Waals surface area contributed by atoms with Gasteiger partial charge in [0, 0.05) is 24.2 Å². The van der Waals surface area contributed by atoms with Crippen LogP contribution in [0.25, 0.3) is 11.5 Å². The van der Waals surface area contributed by atoms with Crippen LogP contribution in [0, 0.1) is 0 Å². The van der Waals surface area contributed by atoms with Gasteiger partial charge in [-0.2, -0.15) is 0 Å². The number of oxazole rings is 1. The molecule has 138 valence electrons. The second-order valence-corrected chi connectivity index (χ2v) is 7.84. The number of rotatable bonds is 5. The van der Waals surface area contributed by atoms with E-state index in [1.807, 2.05) is 24.3 Å². The molecule has 2 amide bonds. The van der Waals surface area contributed by atoms with Gasteiger partial charge in [0.2, 0.25) is 11.8 Å². The van der Waals surface area contributed by atoms with Gasteiger partial charge in [0.05, 0.1) is 21.5 Å². The number of benzene rings is 1. The minimum Gasteiger partial charge on any atom is -0.444 e.